The van der Waals surface area contributed by atoms with Crippen molar-refractivity contribution in [3.8, 4) is 11.5 Å². The van der Waals surface area contributed by atoms with Crippen molar-refractivity contribution in [2.24, 2.45) is 11.8 Å². The Labute approximate surface area is 208 Å². The number of aryl methyl sites for hydroxylation is 1. The third kappa shape index (κ3) is 7.29. The molecule has 194 valence electrons. The van der Waals surface area contributed by atoms with Crippen molar-refractivity contribution in [1.82, 2.24) is 0 Å². The number of carbonyl (C=O) groups is 1. The summed E-state index contributed by atoms with van der Waals surface area (Å²) in [6, 6.07) is 3.52. The molecule has 3 N–H and O–H groups in total. The molecule has 8 heteroatoms. The van der Waals surface area contributed by atoms with Crippen LogP contribution in [0.3, 0.4) is 0 Å². The summed E-state index contributed by atoms with van der Waals surface area (Å²) >= 11 is 0. The summed E-state index contributed by atoms with van der Waals surface area (Å²) in [6.07, 6.45) is 8.44. The molecule has 0 saturated heterocycles. The van der Waals surface area contributed by atoms with Crippen LogP contribution in [0.15, 0.2) is 35.9 Å². The number of carbonyl (C=O) groups excluding carboxylic acids is 1. The Kier molecular flexibility index (Phi) is 9.39. The molecule has 0 radical (unpaired) electrons. The van der Waals surface area contributed by atoms with E-state index in [2.05, 4.69) is 19.6 Å². The lowest BCUT2D eigenvalue weighted by molar-refractivity contribution is -0.147. The van der Waals surface area contributed by atoms with Gasteiger partial charge in [-0.25, -0.2) is 9.36 Å². The van der Waals surface area contributed by atoms with E-state index in [0.717, 1.165) is 56.1 Å². The molecule has 0 heterocycles. The van der Waals surface area contributed by atoms with Gasteiger partial charge in [-0.05, 0) is 81.9 Å². The van der Waals surface area contributed by atoms with E-state index in [1.54, 1.807) is 12.1 Å². The zero-order valence-electron chi connectivity index (χ0n) is 21.0. The number of phosphoric acid groups is 1. The van der Waals surface area contributed by atoms with Crippen molar-refractivity contribution >= 4 is 13.8 Å². The summed E-state index contributed by atoms with van der Waals surface area (Å²) in [5.74, 6) is -1.02. The maximum absolute atomic E-state index is 13.2. The minimum atomic E-state index is -4.89. The fourth-order valence-electron chi connectivity index (χ4n) is 5.10. The van der Waals surface area contributed by atoms with E-state index in [4.69, 9.17) is 9.26 Å². The van der Waals surface area contributed by atoms with Gasteiger partial charge in [0.05, 0.1) is 0 Å². The van der Waals surface area contributed by atoms with Gasteiger partial charge in [0.15, 0.2) is 6.10 Å². The first kappa shape index (κ1) is 27.7. The van der Waals surface area contributed by atoms with Crippen molar-refractivity contribution in [3.63, 3.8) is 0 Å². The number of hydrogen-bond donors (Lipinski definition) is 3. The average Bonchev–Trinajstić information content (AvgIpc) is 2.70. The predicted octanol–water partition coefficient (Wildman–Crippen LogP) is 6.32. The number of esters is 1. The first-order valence-electron chi connectivity index (χ1n) is 12.6. The van der Waals surface area contributed by atoms with Crippen LogP contribution in [-0.2, 0) is 20.3 Å². The standard InChI is InChI=1S/C27H39O7P/c1-5-6-7-9-19-15-23(28)25(22-14-18(4)12-13-21(22)17(2)3)24(16-19)33-27(29)26(20-10-8-11-20)34-35(30,31)32/h14-16,20-22,26,28H,2,5-13H2,1,3-4H3,(H2,30,31,32)/t21-,22+,26?/m0/s1. The highest BCUT2D eigenvalue weighted by Gasteiger charge is 2.40. The quantitative estimate of drug-likeness (QED) is 0.106. The SMILES string of the molecule is C=C(C)[C@@H]1CCC(C)=C[C@H]1c1c(O)cc(CCCCC)cc1OC(=O)C(OP(=O)(O)O)C1CCC1. The highest BCUT2D eigenvalue weighted by Crippen LogP contribution is 2.48. The fourth-order valence-corrected chi connectivity index (χ4v) is 5.65. The molecule has 1 fully saturated rings. The van der Waals surface area contributed by atoms with Crippen LogP contribution in [0.5, 0.6) is 11.5 Å². The molecule has 1 aromatic rings. The van der Waals surface area contributed by atoms with Gasteiger partial charge in [0, 0.05) is 11.5 Å². The number of phenolic OH excluding ortho intramolecular Hbond substituents is 1. The lowest BCUT2D eigenvalue weighted by atomic mass is 9.73. The maximum atomic E-state index is 13.2. The maximum Gasteiger partial charge on any atom is 0.470 e. The van der Waals surface area contributed by atoms with Gasteiger partial charge in [0.25, 0.3) is 0 Å². The Balaban J connectivity index is 2.02. The number of phosphoric ester groups is 1. The van der Waals surface area contributed by atoms with Gasteiger partial charge in [-0.3, -0.25) is 4.52 Å². The van der Waals surface area contributed by atoms with Crippen LogP contribution >= 0.6 is 7.82 Å². The van der Waals surface area contributed by atoms with Gasteiger partial charge < -0.3 is 19.6 Å². The van der Waals surface area contributed by atoms with Gasteiger partial charge >= 0.3 is 13.8 Å². The highest BCUT2D eigenvalue weighted by molar-refractivity contribution is 7.46. The number of ether oxygens (including phenoxy) is 1. The van der Waals surface area contributed by atoms with Crippen LogP contribution in [-0.4, -0.2) is 27.0 Å². The predicted molar refractivity (Wildman–Crippen MR) is 135 cm³/mol. The second-order valence-corrected chi connectivity index (χ2v) is 11.3. The molecule has 0 aromatic heterocycles. The number of unbranched alkanes of at least 4 members (excludes halogenated alkanes) is 2. The lowest BCUT2D eigenvalue weighted by Crippen LogP contribution is -2.38. The molecule has 2 aliphatic rings. The number of allylic oxidation sites excluding steroid dienone is 3. The lowest BCUT2D eigenvalue weighted by Gasteiger charge is -2.33. The molecule has 7 nitrogen and oxygen atoms in total. The van der Waals surface area contributed by atoms with E-state index in [0.29, 0.717) is 18.4 Å². The summed E-state index contributed by atoms with van der Waals surface area (Å²) in [6.45, 7) is 10.3. The van der Waals surface area contributed by atoms with Gasteiger partial charge in [-0.15, -0.1) is 0 Å². The summed E-state index contributed by atoms with van der Waals surface area (Å²) in [7, 11) is -4.89. The highest BCUT2D eigenvalue weighted by atomic mass is 31.2. The molecule has 0 amide bonds. The number of phenols is 1. The Morgan fingerprint density at radius 3 is 2.51 bits per heavy atom. The number of aromatic hydroxyl groups is 1. The molecule has 0 bridgehead atoms. The van der Waals surface area contributed by atoms with Crippen molar-refractivity contribution in [3.05, 3.63) is 47.1 Å². The number of rotatable bonds is 11. The van der Waals surface area contributed by atoms with E-state index in [-0.39, 0.29) is 29.3 Å². The van der Waals surface area contributed by atoms with Crippen molar-refractivity contribution in [2.75, 3.05) is 0 Å². The van der Waals surface area contributed by atoms with E-state index >= 15 is 0 Å². The third-order valence-corrected chi connectivity index (χ3v) is 7.74. The largest absolute Gasteiger partial charge is 0.507 e. The van der Waals surface area contributed by atoms with Crippen molar-refractivity contribution in [1.29, 1.82) is 0 Å². The second kappa shape index (κ2) is 11.9. The van der Waals surface area contributed by atoms with E-state index < -0.39 is 19.9 Å². The second-order valence-electron chi connectivity index (χ2n) is 10.1. The van der Waals surface area contributed by atoms with Crippen LogP contribution in [0, 0.1) is 11.8 Å². The first-order valence-corrected chi connectivity index (χ1v) is 14.2. The van der Waals surface area contributed by atoms with Crippen LogP contribution in [0.25, 0.3) is 0 Å². The van der Waals surface area contributed by atoms with Gasteiger partial charge in [-0.1, -0.05) is 50.0 Å². The third-order valence-electron chi connectivity index (χ3n) is 7.23. The molecule has 3 rings (SSSR count). The zero-order chi connectivity index (χ0) is 25.8. The minimum absolute atomic E-state index is 0.0556. The smallest absolute Gasteiger partial charge is 0.470 e. The number of hydrogen-bond acceptors (Lipinski definition) is 5. The molecular weight excluding hydrogens is 467 g/mol. The summed E-state index contributed by atoms with van der Waals surface area (Å²) in [4.78, 5) is 32.0. The Morgan fingerprint density at radius 2 is 1.94 bits per heavy atom. The van der Waals surface area contributed by atoms with Crippen molar-refractivity contribution < 1.29 is 33.5 Å². The Morgan fingerprint density at radius 1 is 1.23 bits per heavy atom. The summed E-state index contributed by atoms with van der Waals surface area (Å²) in [5, 5.41) is 11.2. The number of benzene rings is 1. The van der Waals surface area contributed by atoms with Crippen LogP contribution in [0.1, 0.15) is 89.2 Å². The molecule has 1 aromatic carbocycles. The molecule has 1 saturated carbocycles. The molecule has 3 atom stereocenters. The van der Waals surface area contributed by atoms with Crippen LogP contribution < -0.4 is 4.74 Å². The molecule has 2 aliphatic carbocycles. The molecule has 0 aliphatic heterocycles. The fraction of sp³-hybridized carbons (Fsp3) is 0.593. The minimum Gasteiger partial charge on any atom is -0.507 e. The summed E-state index contributed by atoms with van der Waals surface area (Å²) in [5.41, 5.74) is 3.53. The zero-order valence-corrected chi connectivity index (χ0v) is 21.9. The van der Waals surface area contributed by atoms with Crippen LogP contribution in [0.4, 0.5) is 0 Å². The summed E-state index contributed by atoms with van der Waals surface area (Å²) < 4.78 is 22.3. The van der Waals surface area contributed by atoms with Gasteiger partial charge in [-0.2, -0.15) is 0 Å². The van der Waals surface area contributed by atoms with Gasteiger partial charge in [0.2, 0.25) is 0 Å². The van der Waals surface area contributed by atoms with E-state index in [1.165, 1.54) is 5.57 Å². The van der Waals surface area contributed by atoms with Crippen molar-refractivity contribution in [2.45, 2.75) is 90.6 Å². The monoisotopic (exact) mass is 506 g/mol. The van der Waals surface area contributed by atoms with Gasteiger partial charge in [0.1, 0.15) is 11.5 Å². The molecule has 0 spiro atoms. The topological polar surface area (TPSA) is 113 Å². The van der Waals surface area contributed by atoms with Crippen LogP contribution in [0.2, 0.25) is 0 Å². The molecular formula is C27H39O7P. The Hall–Kier alpha value is -1.92. The van der Waals surface area contributed by atoms with E-state index in [9.17, 15) is 24.3 Å². The Bertz CT molecular complexity index is 1010. The first-order chi connectivity index (χ1) is 16.5. The average molecular weight is 507 g/mol. The van der Waals surface area contributed by atoms with E-state index in [1.807, 2.05) is 13.8 Å². The molecule has 35 heavy (non-hydrogen) atoms. The molecule has 1 unspecified atom stereocenters. The normalized spacial score (nSPS) is 21.7.